The summed E-state index contributed by atoms with van der Waals surface area (Å²) < 4.78 is 5.64. The van der Waals surface area contributed by atoms with Gasteiger partial charge in [0.1, 0.15) is 10.8 Å². The number of methoxy groups -OCH3 is 1. The highest BCUT2D eigenvalue weighted by molar-refractivity contribution is 6.33. The van der Waals surface area contributed by atoms with Crippen molar-refractivity contribution in [3.8, 4) is 5.75 Å². The highest BCUT2D eigenvalue weighted by atomic mass is 35.5. The van der Waals surface area contributed by atoms with E-state index in [-0.39, 0.29) is 11.8 Å². The zero-order chi connectivity index (χ0) is 26.4. The molecule has 11 heteroatoms. The minimum absolute atomic E-state index is 0.0651. The molecule has 4 rings (SSSR count). The summed E-state index contributed by atoms with van der Waals surface area (Å²) in [4.78, 5) is 36.2. The Bertz CT molecular complexity index is 1280. The van der Waals surface area contributed by atoms with Gasteiger partial charge in [0, 0.05) is 62.7 Å². The van der Waals surface area contributed by atoms with Gasteiger partial charge >= 0.3 is 0 Å². The Hall–Kier alpha value is -4.05. The molecule has 0 aliphatic carbocycles. The van der Waals surface area contributed by atoms with E-state index in [0.717, 1.165) is 18.8 Å². The number of hydrogen-bond acceptors (Lipinski definition) is 8. The Morgan fingerprint density at radius 1 is 1.05 bits per heavy atom. The molecule has 194 valence electrons. The van der Waals surface area contributed by atoms with Crippen molar-refractivity contribution in [3.05, 3.63) is 53.7 Å². The molecule has 0 unspecified atom stereocenters. The van der Waals surface area contributed by atoms with E-state index in [1.165, 1.54) is 6.20 Å². The van der Waals surface area contributed by atoms with Gasteiger partial charge in [-0.25, -0.2) is 4.98 Å². The second-order valence-electron chi connectivity index (χ2n) is 8.50. The molecule has 0 saturated carbocycles. The number of nitrogens with one attached hydrogen (secondary N) is 3. The molecule has 1 aromatic heterocycles. The lowest BCUT2D eigenvalue weighted by atomic mass is 10.2. The van der Waals surface area contributed by atoms with Gasteiger partial charge in [-0.15, -0.1) is 0 Å². The van der Waals surface area contributed by atoms with E-state index in [0.29, 0.717) is 59.1 Å². The first kappa shape index (κ1) is 26.0. The number of hydrogen-bond donors (Lipinski definition) is 3. The third kappa shape index (κ3) is 6.59. The Kier molecular flexibility index (Phi) is 8.29. The molecule has 1 aliphatic rings. The lowest BCUT2D eigenvalue weighted by molar-refractivity contribution is -0.129. The van der Waals surface area contributed by atoms with Crippen molar-refractivity contribution in [2.45, 2.75) is 20.3 Å². The molecule has 2 aromatic carbocycles. The summed E-state index contributed by atoms with van der Waals surface area (Å²) in [6, 6.07) is 13.2. The number of benzene rings is 2. The standard InChI is InChI=1S/C26H30ClN7O3/c1-4-24(36)29-18-6-5-7-19(14-18)30-26-28-16-21(27)25(32-26)31-22-9-8-20(15-23(22)37-3)34-12-10-33(11-13-34)17(2)35/h5-9,14-16H,4,10-13H2,1-3H3,(H,29,36)(H2,28,30,31,32). The van der Waals surface area contributed by atoms with Crippen LogP contribution in [0, 0.1) is 0 Å². The van der Waals surface area contributed by atoms with Gasteiger partial charge in [0.2, 0.25) is 17.8 Å². The number of aromatic nitrogens is 2. The topological polar surface area (TPSA) is 112 Å². The average molecular weight is 524 g/mol. The Labute approximate surface area is 221 Å². The number of amides is 2. The molecule has 2 heterocycles. The van der Waals surface area contributed by atoms with Gasteiger partial charge in [-0.3, -0.25) is 9.59 Å². The fraction of sp³-hybridized carbons (Fsp3) is 0.308. The number of piperazine rings is 1. The molecule has 2 amide bonds. The first-order valence-electron chi connectivity index (χ1n) is 12.0. The van der Waals surface area contributed by atoms with Crippen molar-refractivity contribution in [1.82, 2.24) is 14.9 Å². The summed E-state index contributed by atoms with van der Waals surface area (Å²) in [5.74, 6) is 1.42. The predicted molar refractivity (Wildman–Crippen MR) is 146 cm³/mol. The number of carbonyl (C=O) groups excluding carboxylic acids is 2. The highest BCUT2D eigenvalue weighted by Crippen LogP contribution is 2.34. The average Bonchev–Trinajstić information content (AvgIpc) is 2.91. The Balaban J connectivity index is 1.48. The van der Waals surface area contributed by atoms with Gasteiger partial charge in [-0.2, -0.15) is 4.98 Å². The second-order valence-corrected chi connectivity index (χ2v) is 8.91. The third-order valence-corrected chi connectivity index (χ3v) is 6.27. The number of rotatable bonds is 8. The molecule has 10 nitrogen and oxygen atoms in total. The lowest BCUT2D eigenvalue weighted by Gasteiger charge is -2.35. The first-order chi connectivity index (χ1) is 17.9. The monoisotopic (exact) mass is 523 g/mol. The summed E-state index contributed by atoms with van der Waals surface area (Å²) in [7, 11) is 1.61. The van der Waals surface area contributed by atoms with Crippen molar-refractivity contribution in [3.63, 3.8) is 0 Å². The van der Waals surface area contributed by atoms with E-state index in [1.807, 2.05) is 41.3 Å². The Morgan fingerprint density at radius 2 is 1.81 bits per heavy atom. The maximum Gasteiger partial charge on any atom is 0.229 e. The highest BCUT2D eigenvalue weighted by Gasteiger charge is 2.20. The smallest absolute Gasteiger partial charge is 0.229 e. The first-order valence-corrected chi connectivity index (χ1v) is 12.4. The van der Waals surface area contributed by atoms with Crippen LogP contribution in [0.1, 0.15) is 20.3 Å². The summed E-state index contributed by atoms with van der Waals surface area (Å²) >= 11 is 6.39. The van der Waals surface area contributed by atoms with Crippen molar-refractivity contribution in [2.75, 3.05) is 54.1 Å². The third-order valence-electron chi connectivity index (χ3n) is 6.00. The number of ether oxygens (including phenoxy) is 1. The molecule has 1 aliphatic heterocycles. The van der Waals surface area contributed by atoms with Crippen LogP contribution in [0.5, 0.6) is 5.75 Å². The van der Waals surface area contributed by atoms with Crippen molar-refractivity contribution < 1.29 is 14.3 Å². The van der Waals surface area contributed by atoms with Crippen LogP contribution < -0.4 is 25.6 Å². The lowest BCUT2D eigenvalue weighted by Crippen LogP contribution is -2.48. The van der Waals surface area contributed by atoms with E-state index in [9.17, 15) is 9.59 Å². The van der Waals surface area contributed by atoms with E-state index >= 15 is 0 Å². The molecule has 0 radical (unpaired) electrons. The Morgan fingerprint density at radius 3 is 2.51 bits per heavy atom. The van der Waals surface area contributed by atoms with Crippen LogP contribution in [0.3, 0.4) is 0 Å². The fourth-order valence-electron chi connectivity index (χ4n) is 3.96. The summed E-state index contributed by atoms with van der Waals surface area (Å²) in [5, 5.41) is 9.56. The molecule has 37 heavy (non-hydrogen) atoms. The van der Waals surface area contributed by atoms with Gasteiger partial charge in [0.25, 0.3) is 0 Å². The molecule has 3 N–H and O–H groups in total. The van der Waals surface area contributed by atoms with Crippen LogP contribution in [-0.2, 0) is 9.59 Å². The molecule has 1 fully saturated rings. The molecule has 1 saturated heterocycles. The minimum Gasteiger partial charge on any atom is -0.494 e. The SMILES string of the molecule is CCC(=O)Nc1cccc(Nc2ncc(Cl)c(Nc3ccc(N4CCN(C(C)=O)CC4)cc3OC)n2)c1. The maximum atomic E-state index is 11.7. The molecule has 0 atom stereocenters. The number of halogens is 1. The van der Waals surface area contributed by atoms with Crippen LogP contribution in [0.25, 0.3) is 0 Å². The number of nitrogens with zero attached hydrogens (tertiary/aromatic N) is 4. The van der Waals surface area contributed by atoms with Crippen LogP contribution in [0.2, 0.25) is 5.02 Å². The van der Waals surface area contributed by atoms with Crippen molar-refractivity contribution in [1.29, 1.82) is 0 Å². The van der Waals surface area contributed by atoms with E-state index in [2.05, 4.69) is 30.8 Å². The van der Waals surface area contributed by atoms with Crippen LogP contribution >= 0.6 is 11.6 Å². The number of carbonyl (C=O) groups is 2. The zero-order valence-electron chi connectivity index (χ0n) is 21.0. The minimum atomic E-state index is -0.0651. The summed E-state index contributed by atoms with van der Waals surface area (Å²) in [6.45, 7) is 6.29. The summed E-state index contributed by atoms with van der Waals surface area (Å²) in [5.41, 5.74) is 3.10. The quantitative estimate of drug-likeness (QED) is 0.391. The van der Waals surface area contributed by atoms with Gasteiger partial charge in [0.15, 0.2) is 5.82 Å². The zero-order valence-corrected chi connectivity index (χ0v) is 21.8. The molecular weight excluding hydrogens is 494 g/mol. The maximum absolute atomic E-state index is 11.7. The molecule has 3 aromatic rings. The van der Waals surface area contributed by atoms with Crippen LogP contribution in [0.15, 0.2) is 48.7 Å². The van der Waals surface area contributed by atoms with E-state index in [4.69, 9.17) is 16.3 Å². The molecular formula is C26H30ClN7O3. The predicted octanol–water partition coefficient (Wildman–Crippen LogP) is 4.64. The van der Waals surface area contributed by atoms with E-state index < -0.39 is 0 Å². The van der Waals surface area contributed by atoms with Crippen LogP contribution in [-0.4, -0.2) is 60.0 Å². The number of anilines is 6. The van der Waals surface area contributed by atoms with Gasteiger partial charge in [-0.05, 0) is 30.3 Å². The van der Waals surface area contributed by atoms with Gasteiger partial charge < -0.3 is 30.5 Å². The van der Waals surface area contributed by atoms with Gasteiger partial charge in [-0.1, -0.05) is 24.6 Å². The van der Waals surface area contributed by atoms with Crippen molar-refractivity contribution in [2.24, 2.45) is 0 Å². The second kappa shape index (κ2) is 11.8. The fourth-order valence-corrected chi connectivity index (χ4v) is 4.09. The molecule has 0 spiro atoms. The van der Waals surface area contributed by atoms with E-state index in [1.54, 1.807) is 27.0 Å². The van der Waals surface area contributed by atoms with Crippen molar-refractivity contribution >= 4 is 57.9 Å². The summed E-state index contributed by atoms with van der Waals surface area (Å²) in [6.07, 6.45) is 1.91. The van der Waals surface area contributed by atoms with Crippen LogP contribution in [0.4, 0.5) is 34.5 Å². The van der Waals surface area contributed by atoms with Gasteiger partial charge in [0.05, 0.1) is 19.0 Å². The normalized spacial score (nSPS) is 13.2. The largest absolute Gasteiger partial charge is 0.494 e. The molecule has 0 bridgehead atoms.